The van der Waals surface area contributed by atoms with Crippen molar-refractivity contribution in [3.05, 3.63) is 23.3 Å². The maximum atomic E-state index is 12.2. The van der Waals surface area contributed by atoms with E-state index in [9.17, 15) is 9.59 Å². The number of aliphatic hydroxyl groups is 1. The summed E-state index contributed by atoms with van der Waals surface area (Å²) in [5, 5.41) is 18.0. The van der Waals surface area contributed by atoms with Crippen molar-refractivity contribution in [1.82, 2.24) is 0 Å². The summed E-state index contributed by atoms with van der Waals surface area (Å²) in [5.74, 6) is -0.461. The Hall–Kier alpha value is -1.62. The standard InChI is InChI=1S/C24H38O5/c1-16(12-13-25)6-8-19-17(2)7-9-20-23(3,4)14-18(15-24(19,20)5)29-22(28)11-10-21(26)27/h7,12,18-20,25H,6,8-11,13-15H2,1-5H3,(H,26,27). The normalized spacial score (nSPS) is 31.6. The van der Waals surface area contributed by atoms with Gasteiger partial charge in [0.15, 0.2) is 0 Å². The number of ether oxygens (including phenoxy) is 1. The lowest BCUT2D eigenvalue weighted by Crippen LogP contribution is -2.53. The minimum Gasteiger partial charge on any atom is -0.481 e. The predicted octanol–water partition coefficient (Wildman–Crippen LogP) is 4.89. The smallest absolute Gasteiger partial charge is 0.306 e. The Kier molecular flexibility index (Phi) is 7.72. The van der Waals surface area contributed by atoms with Crippen molar-refractivity contribution in [1.29, 1.82) is 0 Å². The molecule has 5 heteroatoms. The van der Waals surface area contributed by atoms with Crippen LogP contribution in [0.15, 0.2) is 23.3 Å². The van der Waals surface area contributed by atoms with Gasteiger partial charge in [-0.25, -0.2) is 0 Å². The largest absolute Gasteiger partial charge is 0.481 e. The highest BCUT2D eigenvalue weighted by Crippen LogP contribution is 2.61. The van der Waals surface area contributed by atoms with Crippen LogP contribution in [0.5, 0.6) is 0 Å². The first-order chi connectivity index (χ1) is 13.5. The van der Waals surface area contributed by atoms with E-state index < -0.39 is 11.9 Å². The van der Waals surface area contributed by atoms with Crippen LogP contribution in [0.2, 0.25) is 0 Å². The zero-order valence-corrected chi connectivity index (χ0v) is 18.7. The average Bonchev–Trinajstić information content (AvgIpc) is 2.58. The maximum Gasteiger partial charge on any atom is 0.306 e. The highest BCUT2D eigenvalue weighted by molar-refractivity contribution is 5.76. The van der Waals surface area contributed by atoms with Crippen molar-refractivity contribution in [3.63, 3.8) is 0 Å². The first-order valence-electron chi connectivity index (χ1n) is 10.8. The van der Waals surface area contributed by atoms with E-state index in [2.05, 4.69) is 40.7 Å². The molecule has 0 heterocycles. The zero-order chi connectivity index (χ0) is 21.8. The number of carbonyl (C=O) groups is 2. The van der Waals surface area contributed by atoms with Gasteiger partial charge in [0.2, 0.25) is 0 Å². The average molecular weight is 407 g/mol. The maximum absolute atomic E-state index is 12.2. The molecule has 5 nitrogen and oxygen atoms in total. The Bertz CT molecular complexity index is 675. The molecule has 2 aliphatic rings. The Labute approximate surface area is 175 Å². The van der Waals surface area contributed by atoms with E-state index in [-0.39, 0.29) is 36.4 Å². The highest BCUT2D eigenvalue weighted by atomic mass is 16.5. The quantitative estimate of drug-likeness (QED) is 0.443. The van der Waals surface area contributed by atoms with Crippen molar-refractivity contribution in [3.8, 4) is 0 Å². The highest BCUT2D eigenvalue weighted by Gasteiger charge is 2.55. The number of carboxylic acids is 1. The van der Waals surface area contributed by atoms with Gasteiger partial charge in [-0.2, -0.15) is 0 Å². The van der Waals surface area contributed by atoms with Crippen LogP contribution in [0.3, 0.4) is 0 Å². The fraction of sp³-hybridized carbons (Fsp3) is 0.750. The molecular weight excluding hydrogens is 368 g/mol. The molecule has 0 radical (unpaired) electrons. The van der Waals surface area contributed by atoms with E-state index in [1.54, 1.807) is 0 Å². The lowest BCUT2D eigenvalue weighted by molar-refractivity contribution is -0.165. The summed E-state index contributed by atoms with van der Waals surface area (Å²) < 4.78 is 5.77. The van der Waals surface area contributed by atoms with Gasteiger partial charge in [0.1, 0.15) is 6.10 Å². The van der Waals surface area contributed by atoms with E-state index in [0.717, 1.165) is 32.1 Å². The summed E-state index contributed by atoms with van der Waals surface area (Å²) in [6.07, 6.45) is 8.49. The predicted molar refractivity (Wildman–Crippen MR) is 113 cm³/mol. The third-order valence-corrected chi connectivity index (χ3v) is 7.29. The minimum atomic E-state index is -0.975. The van der Waals surface area contributed by atoms with Gasteiger partial charge in [-0.1, -0.05) is 44.1 Å². The molecule has 164 valence electrons. The van der Waals surface area contributed by atoms with Crippen LogP contribution in [-0.4, -0.2) is 34.9 Å². The number of esters is 1. The first-order valence-corrected chi connectivity index (χ1v) is 10.8. The van der Waals surface area contributed by atoms with Crippen LogP contribution in [0, 0.1) is 22.7 Å². The van der Waals surface area contributed by atoms with Crippen molar-refractivity contribution in [2.45, 2.75) is 85.7 Å². The molecule has 0 amide bonds. The van der Waals surface area contributed by atoms with Crippen LogP contribution >= 0.6 is 0 Å². The Morgan fingerprint density at radius 1 is 1.21 bits per heavy atom. The molecule has 2 rings (SSSR count). The number of rotatable bonds is 8. The van der Waals surface area contributed by atoms with Crippen LogP contribution in [0.1, 0.15) is 79.6 Å². The molecule has 0 aromatic carbocycles. The molecule has 0 aromatic heterocycles. The minimum absolute atomic E-state index is 0.0256. The molecule has 1 fully saturated rings. The molecule has 0 aromatic rings. The van der Waals surface area contributed by atoms with E-state index in [4.69, 9.17) is 14.9 Å². The molecule has 2 N–H and O–H groups in total. The third kappa shape index (κ3) is 5.71. The van der Waals surface area contributed by atoms with Gasteiger partial charge in [-0.05, 0) is 68.6 Å². The summed E-state index contributed by atoms with van der Waals surface area (Å²) in [6, 6.07) is 0. The number of hydrogen-bond acceptors (Lipinski definition) is 4. The molecule has 29 heavy (non-hydrogen) atoms. The zero-order valence-electron chi connectivity index (χ0n) is 18.7. The number of fused-ring (bicyclic) bond motifs is 1. The van der Waals surface area contributed by atoms with E-state index in [1.165, 1.54) is 11.1 Å². The summed E-state index contributed by atoms with van der Waals surface area (Å²) in [5.41, 5.74) is 2.68. The SMILES string of the molecule is CC(=CCO)CCC1C(C)=CCC2C(C)(C)CC(OC(=O)CCC(=O)O)CC12C. The monoisotopic (exact) mass is 406 g/mol. The summed E-state index contributed by atoms with van der Waals surface area (Å²) >= 11 is 0. The molecule has 0 saturated heterocycles. The van der Waals surface area contributed by atoms with E-state index in [1.807, 2.05) is 6.08 Å². The Morgan fingerprint density at radius 2 is 1.90 bits per heavy atom. The van der Waals surface area contributed by atoms with Crippen molar-refractivity contribution in [2.24, 2.45) is 22.7 Å². The number of allylic oxidation sites excluding steroid dienone is 3. The van der Waals surface area contributed by atoms with Crippen molar-refractivity contribution in [2.75, 3.05) is 6.61 Å². The number of hydrogen-bond donors (Lipinski definition) is 2. The number of aliphatic hydroxyl groups excluding tert-OH is 1. The van der Waals surface area contributed by atoms with Gasteiger partial charge in [-0.3, -0.25) is 9.59 Å². The summed E-state index contributed by atoms with van der Waals surface area (Å²) in [6.45, 7) is 11.3. The van der Waals surface area contributed by atoms with Gasteiger partial charge in [0.05, 0.1) is 19.4 Å². The molecule has 0 aliphatic heterocycles. The molecule has 4 atom stereocenters. The summed E-state index contributed by atoms with van der Waals surface area (Å²) in [4.78, 5) is 23.0. The molecule has 4 unspecified atom stereocenters. The lowest BCUT2D eigenvalue weighted by atomic mass is 9.47. The van der Waals surface area contributed by atoms with E-state index >= 15 is 0 Å². The second-order valence-electron chi connectivity index (χ2n) is 9.97. The van der Waals surface area contributed by atoms with Crippen LogP contribution in [0.25, 0.3) is 0 Å². The van der Waals surface area contributed by atoms with Gasteiger partial charge in [0, 0.05) is 0 Å². The first kappa shape index (κ1) is 23.7. The fourth-order valence-electron chi connectivity index (χ4n) is 5.99. The lowest BCUT2D eigenvalue weighted by Gasteiger charge is -2.58. The Morgan fingerprint density at radius 3 is 2.52 bits per heavy atom. The third-order valence-electron chi connectivity index (χ3n) is 7.29. The van der Waals surface area contributed by atoms with Crippen LogP contribution in [-0.2, 0) is 14.3 Å². The second kappa shape index (κ2) is 9.46. The number of carboxylic acid groups (broad SMARTS) is 1. The number of carbonyl (C=O) groups excluding carboxylic acids is 1. The number of aliphatic carboxylic acids is 1. The molecular formula is C24H38O5. The van der Waals surface area contributed by atoms with Crippen LogP contribution in [0.4, 0.5) is 0 Å². The Balaban J connectivity index is 2.20. The van der Waals surface area contributed by atoms with Gasteiger partial charge in [-0.15, -0.1) is 0 Å². The molecule has 0 spiro atoms. The van der Waals surface area contributed by atoms with Gasteiger partial charge >= 0.3 is 11.9 Å². The second-order valence-corrected chi connectivity index (χ2v) is 9.97. The van der Waals surface area contributed by atoms with Crippen molar-refractivity contribution < 1.29 is 24.5 Å². The van der Waals surface area contributed by atoms with Gasteiger partial charge in [0.25, 0.3) is 0 Å². The molecule has 0 bridgehead atoms. The topological polar surface area (TPSA) is 83.8 Å². The molecule has 2 aliphatic carbocycles. The van der Waals surface area contributed by atoms with Crippen molar-refractivity contribution >= 4 is 11.9 Å². The van der Waals surface area contributed by atoms with Gasteiger partial charge < -0.3 is 14.9 Å². The van der Waals surface area contributed by atoms with Crippen LogP contribution < -0.4 is 0 Å². The summed E-state index contributed by atoms with van der Waals surface area (Å²) in [7, 11) is 0. The fourth-order valence-corrected chi connectivity index (χ4v) is 5.99. The van der Waals surface area contributed by atoms with E-state index in [0.29, 0.717) is 11.8 Å². The molecule has 1 saturated carbocycles.